The van der Waals surface area contributed by atoms with Gasteiger partial charge >= 0.3 is 0 Å². The Morgan fingerprint density at radius 2 is 2.06 bits per heavy atom. The minimum absolute atomic E-state index is 0.896. The molecule has 3 rings (SSSR count). The van der Waals surface area contributed by atoms with Crippen LogP contribution in [-0.2, 0) is 0 Å². The van der Waals surface area contributed by atoms with E-state index in [4.69, 9.17) is 4.99 Å². The summed E-state index contributed by atoms with van der Waals surface area (Å²) < 4.78 is 0. The topological polar surface area (TPSA) is 34.1 Å². The summed E-state index contributed by atoms with van der Waals surface area (Å²) in [6.45, 7) is 3.18. The molecule has 5 heteroatoms. The van der Waals surface area contributed by atoms with E-state index in [1.807, 2.05) is 7.05 Å². The highest BCUT2D eigenvalue weighted by Crippen LogP contribution is 2.25. The number of hydrogen-bond donors (Lipinski definition) is 1. The predicted octanol–water partition coefficient (Wildman–Crippen LogP) is 0.559. The lowest BCUT2D eigenvalue weighted by Crippen LogP contribution is -2.34. The van der Waals surface area contributed by atoms with E-state index in [1.165, 1.54) is 18.5 Å². The van der Waals surface area contributed by atoms with Gasteiger partial charge in [-0.2, -0.15) is 0 Å². The molecule has 0 saturated carbocycles. The Labute approximate surface area is 102 Å². The van der Waals surface area contributed by atoms with Gasteiger partial charge in [0.15, 0.2) is 5.82 Å². The number of likely N-dealkylation sites (N-methyl/N-ethyl adjacent to an activating group) is 2. The highest BCUT2D eigenvalue weighted by Gasteiger charge is 2.29. The predicted molar refractivity (Wildman–Crippen MR) is 67.9 cm³/mol. The smallest absolute Gasteiger partial charge is 0.170 e. The Balaban J connectivity index is 1.90. The fourth-order valence-corrected chi connectivity index (χ4v) is 2.58. The summed E-state index contributed by atoms with van der Waals surface area (Å²) in [4.78, 5) is 7.15. The first-order valence-corrected chi connectivity index (χ1v) is 6.22. The second-order valence-corrected chi connectivity index (χ2v) is 4.69. The zero-order valence-electron chi connectivity index (χ0n) is 10.5. The van der Waals surface area contributed by atoms with E-state index in [1.54, 1.807) is 0 Å². The fourth-order valence-electron chi connectivity index (χ4n) is 2.58. The number of aliphatic imine (C=N–C) groups is 1. The Hall–Kier alpha value is -1.49. The molecular weight excluding hydrogens is 214 g/mol. The van der Waals surface area contributed by atoms with Crippen LogP contribution in [0.3, 0.4) is 0 Å². The van der Waals surface area contributed by atoms with Crippen molar-refractivity contribution in [2.45, 2.75) is 12.8 Å². The van der Waals surface area contributed by atoms with Crippen molar-refractivity contribution in [2.75, 3.05) is 33.7 Å². The van der Waals surface area contributed by atoms with Gasteiger partial charge in [-0.3, -0.25) is 5.01 Å². The number of nitrogens with zero attached hydrogens (tertiary/aromatic N) is 4. The van der Waals surface area contributed by atoms with Crippen LogP contribution in [0.5, 0.6) is 0 Å². The van der Waals surface area contributed by atoms with Gasteiger partial charge in [-0.1, -0.05) is 0 Å². The van der Waals surface area contributed by atoms with E-state index in [9.17, 15) is 0 Å². The van der Waals surface area contributed by atoms with Crippen molar-refractivity contribution in [1.82, 2.24) is 20.2 Å². The molecule has 1 N–H and O–H groups in total. The number of hydrogen-bond acceptors (Lipinski definition) is 5. The van der Waals surface area contributed by atoms with Gasteiger partial charge in [0.1, 0.15) is 5.84 Å². The van der Waals surface area contributed by atoms with E-state index in [2.05, 4.69) is 39.6 Å². The largest absolute Gasteiger partial charge is 0.387 e. The number of fused-ring (bicyclic) bond motifs is 1. The second kappa shape index (κ2) is 4.07. The van der Waals surface area contributed by atoms with Crippen molar-refractivity contribution in [3.05, 3.63) is 23.8 Å². The van der Waals surface area contributed by atoms with E-state index in [-0.39, 0.29) is 0 Å². The summed E-state index contributed by atoms with van der Waals surface area (Å²) >= 11 is 0. The SMILES string of the molecule is CNC1=C2N=C(N3CCCC3)C=CN2N(C)C1. The zero-order chi connectivity index (χ0) is 11.8. The first kappa shape index (κ1) is 10.7. The number of likely N-dealkylation sites (tertiary alicyclic amines) is 1. The van der Waals surface area contributed by atoms with Gasteiger partial charge in [-0.15, -0.1) is 0 Å². The van der Waals surface area contributed by atoms with Gasteiger partial charge in [0.25, 0.3) is 0 Å². The lowest BCUT2D eigenvalue weighted by molar-refractivity contribution is 0.125. The molecule has 1 saturated heterocycles. The first-order valence-electron chi connectivity index (χ1n) is 6.22. The summed E-state index contributed by atoms with van der Waals surface area (Å²) in [5.74, 6) is 2.15. The lowest BCUT2D eigenvalue weighted by Gasteiger charge is -2.28. The molecule has 3 heterocycles. The lowest BCUT2D eigenvalue weighted by atomic mass is 10.4. The highest BCUT2D eigenvalue weighted by atomic mass is 15.7. The Kier molecular flexibility index (Phi) is 2.55. The molecule has 1 fully saturated rings. The van der Waals surface area contributed by atoms with Crippen molar-refractivity contribution >= 4 is 5.84 Å². The van der Waals surface area contributed by atoms with Gasteiger partial charge in [-0.25, -0.2) is 10.0 Å². The molecule has 17 heavy (non-hydrogen) atoms. The van der Waals surface area contributed by atoms with Crippen molar-refractivity contribution in [3.8, 4) is 0 Å². The molecule has 0 atom stereocenters. The van der Waals surface area contributed by atoms with Crippen LogP contribution < -0.4 is 5.32 Å². The van der Waals surface area contributed by atoms with Gasteiger partial charge in [0.05, 0.1) is 12.2 Å². The molecule has 0 aromatic heterocycles. The third-order valence-electron chi connectivity index (χ3n) is 3.56. The number of nitrogens with one attached hydrogen (secondary N) is 1. The average Bonchev–Trinajstić information content (AvgIpc) is 2.97. The van der Waals surface area contributed by atoms with E-state index < -0.39 is 0 Å². The van der Waals surface area contributed by atoms with Crippen LogP contribution >= 0.6 is 0 Å². The first-order chi connectivity index (χ1) is 8.29. The minimum Gasteiger partial charge on any atom is -0.387 e. The highest BCUT2D eigenvalue weighted by molar-refractivity contribution is 5.94. The molecule has 5 nitrogen and oxygen atoms in total. The average molecular weight is 233 g/mol. The van der Waals surface area contributed by atoms with Crippen LogP contribution in [0, 0.1) is 0 Å². The van der Waals surface area contributed by atoms with Crippen LogP contribution in [0.15, 0.2) is 28.8 Å². The molecule has 3 aliphatic heterocycles. The molecular formula is C12H19N5. The van der Waals surface area contributed by atoms with E-state index in [0.717, 1.165) is 31.3 Å². The molecule has 0 aliphatic carbocycles. The maximum absolute atomic E-state index is 4.79. The van der Waals surface area contributed by atoms with Crippen LogP contribution in [0.1, 0.15) is 12.8 Å². The third-order valence-corrected chi connectivity index (χ3v) is 3.56. The standard InChI is InChI=1S/C12H19N5/c1-13-10-9-15(2)17-8-5-11(14-12(10)17)16-6-3-4-7-16/h5,8,13H,3-4,6-7,9H2,1-2H3. The van der Waals surface area contributed by atoms with E-state index >= 15 is 0 Å². The summed E-state index contributed by atoms with van der Waals surface area (Å²) in [5, 5.41) is 7.50. The Morgan fingerprint density at radius 3 is 2.76 bits per heavy atom. The van der Waals surface area contributed by atoms with Crippen molar-refractivity contribution in [2.24, 2.45) is 4.99 Å². The monoisotopic (exact) mass is 233 g/mol. The summed E-state index contributed by atoms with van der Waals surface area (Å²) in [5.41, 5.74) is 1.19. The van der Waals surface area contributed by atoms with Crippen molar-refractivity contribution in [3.63, 3.8) is 0 Å². The molecule has 0 unspecified atom stereocenters. The number of amidine groups is 1. The maximum Gasteiger partial charge on any atom is 0.170 e. The van der Waals surface area contributed by atoms with Gasteiger partial charge in [0, 0.05) is 33.4 Å². The van der Waals surface area contributed by atoms with Crippen molar-refractivity contribution < 1.29 is 0 Å². The summed E-state index contributed by atoms with van der Waals surface area (Å²) in [6.07, 6.45) is 6.80. The molecule has 0 amide bonds. The number of hydrazine groups is 1. The van der Waals surface area contributed by atoms with Crippen molar-refractivity contribution in [1.29, 1.82) is 0 Å². The van der Waals surface area contributed by atoms with Crippen LogP contribution in [-0.4, -0.2) is 54.5 Å². The molecule has 0 spiro atoms. The maximum atomic E-state index is 4.79. The van der Waals surface area contributed by atoms with E-state index in [0.29, 0.717) is 0 Å². The van der Waals surface area contributed by atoms with Gasteiger partial charge in [-0.05, 0) is 18.9 Å². The van der Waals surface area contributed by atoms with Crippen LogP contribution in [0.4, 0.5) is 0 Å². The Morgan fingerprint density at radius 1 is 1.29 bits per heavy atom. The summed E-state index contributed by atoms with van der Waals surface area (Å²) in [7, 11) is 4.04. The molecule has 3 aliphatic rings. The number of rotatable bonds is 1. The quantitative estimate of drug-likeness (QED) is 0.717. The third kappa shape index (κ3) is 1.70. The van der Waals surface area contributed by atoms with Crippen LogP contribution in [0.2, 0.25) is 0 Å². The fraction of sp³-hybridized carbons (Fsp3) is 0.583. The van der Waals surface area contributed by atoms with Gasteiger partial charge in [0.2, 0.25) is 0 Å². The summed E-state index contributed by atoms with van der Waals surface area (Å²) in [6, 6.07) is 0. The molecule has 92 valence electrons. The Bertz CT molecular complexity index is 403. The molecule has 0 radical (unpaired) electrons. The zero-order valence-corrected chi connectivity index (χ0v) is 10.5. The van der Waals surface area contributed by atoms with Crippen LogP contribution in [0.25, 0.3) is 0 Å². The normalized spacial score (nSPS) is 24.5. The molecule has 0 aromatic rings. The van der Waals surface area contributed by atoms with Gasteiger partial charge < -0.3 is 10.2 Å². The second-order valence-electron chi connectivity index (χ2n) is 4.69. The molecule has 0 bridgehead atoms. The minimum atomic E-state index is 0.896. The molecule has 0 aromatic carbocycles.